The molecule has 2 aliphatic rings. The molecular formula is C18H21NO2S. The van der Waals surface area contributed by atoms with Crippen molar-refractivity contribution in [3.63, 3.8) is 0 Å². The molecule has 0 radical (unpaired) electrons. The first kappa shape index (κ1) is 14.1. The predicted octanol–water partition coefficient (Wildman–Crippen LogP) is 3.68. The first-order valence-corrected chi connectivity index (χ1v) is 8.76. The number of ether oxygens (including phenoxy) is 1. The number of aryl methyl sites for hydroxylation is 1. The number of phenols is 1. The Balaban J connectivity index is 1.76. The summed E-state index contributed by atoms with van der Waals surface area (Å²) in [4.78, 5) is 5.62. The van der Waals surface area contributed by atoms with Crippen molar-refractivity contribution in [1.82, 2.24) is 4.90 Å². The van der Waals surface area contributed by atoms with Gasteiger partial charge in [-0.1, -0.05) is 13.0 Å². The van der Waals surface area contributed by atoms with Crippen molar-refractivity contribution in [3.8, 4) is 11.5 Å². The van der Waals surface area contributed by atoms with Crippen LogP contribution in [0.15, 0.2) is 18.2 Å². The number of benzene rings is 1. The number of methoxy groups -OCH3 is 1. The molecule has 3 heterocycles. The van der Waals surface area contributed by atoms with Crippen molar-refractivity contribution in [2.45, 2.75) is 38.8 Å². The molecule has 4 heteroatoms. The van der Waals surface area contributed by atoms with E-state index < -0.39 is 0 Å². The van der Waals surface area contributed by atoms with E-state index in [1.807, 2.05) is 11.3 Å². The third-order valence-corrected chi connectivity index (χ3v) is 6.34. The number of thiophene rings is 1. The van der Waals surface area contributed by atoms with Crippen molar-refractivity contribution in [2.24, 2.45) is 0 Å². The molecule has 22 heavy (non-hydrogen) atoms. The number of hydrogen-bond donors (Lipinski definition) is 1. The molecule has 1 aromatic heterocycles. The summed E-state index contributed by atoms with van der Waals surface area (Å²) in [5, 5.41) is 10.0. The smallest absolute Gasteiger partial charge is 0.165 e. The summed E-state index contributed by atoms with van der Waals surface area (Å²) in [6, 6.07) is 6.73. The Kier molecular flexibility index (Phi) is 3.39. The van der Waals surface area contributed by atoms with E-state index in [1.54, 1.807) is 18.1 Å². The fourth-order valence-corrected chi connectivity index (χ4v) is 4.99. The highest BCUT2D eigenvalue weighted by molar-refractivity contribution is 7.12. The van der Waals surface area contributed by atoms with E-state index in [4.69, 9.17) is 4.74 Å². The Labute approximate surface area is 135 Å². The van der Waals surface area contributed by atoms with E-state index in [-0.39, 0.29) is 5.75 Å². The molecule has 0 unspecified atom stereocenters. The van der Waals surface area contributed by atoms with E-state index in [2.05, 4.69) is 24.0 Å². The molecule has 1 aromatic carbocycles. The van der Waals surface area contributed by atoms with Gasteiger partial charge in [0.2, 0.25) is 0 Å². The molecule has 0 bridgehead atoms. The van der Waals surface area contributed by atoms with Gasteiger partial charge in [0, 0.05) is 34.4 Å². The van der Waals surface area contributed by atoms with Crippen molar-refractivity contribution in [2.75, 3.05) is 13.7 Å². The fourth-order valence-electron chi connectivity index (χ4n) is 3.84. The maximum atomic E-state index is 10.0. The summed E-state index contributed by atoms with van der Waals surface area (Å²) in [7, 11) is 1.64. The summed E-state index contributed by atoms with van der Waals surface area (Å²) in [5.74, 6) is 0.905. The van der Waals surface area contributed by atoms with Gasteiger partial charge < -0.3 is 9.84 Å². The molecule has 1 N–H and O–H groups in total. The molecule has 2 aromatic rings. The minimum Gasteiger partial charge on any atom is -0.504 e. The predicted molar refractivity (Wildman–Crippen MR) is 88.9 cm³/mol. The van der Waals surface area contributed by atoms with Crippen molar-refractivity contribution < 1.29 is 9.84 Å². The molecule has 116 valence electrons. The lowest BCUT2D eigenvalue weighted by Gasteiger charge is -2.40. The van der Waals surface area contributed by atoms with Gasteiger partial charge >= 0.3 is 0 Å². The van der Waals surface area contributed by atoms with Crippen LogP contribution in [-0.2, 0) is 25.8 Å². The summed E-state index contributed by atoms with van der Waals surface area (Å²) in [6.45, 7) is 4.20. The van der Waals surface area contributed by atoms with Gasteiger partial charge in [0.15, 0.2) is 11.5 Å². The summed E-state index contributed by atoms with van der Waals surface area (Å²) < 4.78 is 5.44. The van der Waals surface area contributed by atoms with Gasteiger partial charge in [-0.05, 0) is 42.5 Å². The lowest BCUT2D eigenvalue weighted by atomic mass is 9.86. The molecule has 0 spiro atoms. The Morgan fingerprint density at radius 2 is 2.27 bits per heavy atom. The first-order chi connectivity index (χ1) is 10.7. The van der Waals surface area contributed by atoms with Gasteiger partial charge in [-0.2, -0.15) is 0 Å². The van der Waals surface area contributed by atoms with Crippen LogP contribution in [0.1, 0.15) is 39.4 Å². The van der Waals surface area contributed by atoms with Gasteiger partial charge in [-0.3, -0.25) is 4.90 Å². The second-order valence-electron chi connectivity index (χ2n) is 6.14. The number of rotatable bonds is 2. The highest BCUT2D eigenvalue weighted by Gasteiger charge is 2.34. The summed E-state index contributed by atoms with van der Waals surface area (Å²) in [5.41, 5.74) is 4.01. The molecule has 3 nitrogen and oxygen atoms in total. The Bertz CT molecular complexity index is 722. The molecular weight excluding hydrogens is 294 g/mol. The summed E-state index contributed by atoms with van der Waals surface area (Å²) in [6.07, 6.45) is 3.29. The van der Waals surface area contributed by atoms with Gasteiger partial charge in [0.25, 0.3) is 0 Å². The maximum Gasteiger partial charge on any atom is 0.165 e. The zero-order chi connectivity index (χ0) is 15.3. The Hall–Kier alpha value is -1.52. The highest BCUT2D eigenvalue weighted by Crippen LogP contribution is 2.45. The second-order valence-corrected chi connectivity index (χ2v) is 7.36. The molecule has 0 aliphatic carbocycles. The van der Waals surface area contributed by atoms with Gasteiger partial charge in [0.1, 0.15) is 0 Å². The van der Waals surface area contributed by atoms with E-state index in [1.165, 1.54) is 16.0 Å². The standard InChI is InChI=1S/C18H21NO2S/c1-3-12-9-13-15-8-11-4-5-16(20)18(21-2)14(11)10-19(15)7-6-17(13)22-12/h4-5,9,15,20H,3,6-8,10H2,1-2H3/t15-/m0/s1. The Morgan fingerprint density at radius 1 is 1.41 bits per heavy atom. The highest BCUT2D eigenvalue weighted by atomic mass is 32.1. The lowest BCUT2D eigenvalue weighted by Crippen LogP contribution is -2.38. The van der Waals surface area contributed by atoms with Crippen molar-refractivity contribution in [1.29, 1.82) is 0 Å². The van der Waals surface area contributed by atoms with Crippen LogP contribution in [0.4, 0.5) is 0 Å². The monoisotopic (exact) mass is 315 g/mol. The van der Waals surface area contributed by atoms with Crippen LogP contribution in [0.25, 0.3) is 0 Å². The molecule has 1 atom stereocenters. The number of nitrogens with zero attached hydrogens (tertiary/aromatic N) is 1. The zero-order valence-electron chi connectivity index (χ0n) is 13.1. The normalized spacial score (nSPS) is 20.2. The van der Waals surface area contributed by atoms with E-state index in [9.17, 15) is 5.11 Å². The average molecular weight is 315 g/mol. The fraction of sp³-hybridized carbons (Fsp3) is 0.444. The average Bonchev–Trinajstić information content (AvgIpc) is 2.97. The number of fused-ring (bicyclic) bond motifs is 4. The minimum atomic E-state index is 0.251. The zero-order valence-corrected chi connectivity index (χ0v) is 13.9. The third-order valence-electron chi connectivity index (χ3n) is 4.98. The molecule has 4 rings (SSSR count). The van der Waals surface area contributed by atoms with Crippen LogP contribution in [0.3, 0.4) is 0 Å². The molecule has 0 saturated carbocycles. The quantitative estimate of drug-likeness (QED) is 0.917. The topological polar surface area (TPSA) is 32.7 Å². The summed E-state index contributed by atoms with van der Waals surface area (Å²) >= 11 is 1.99. The van der Waals surface area contributed by atoms with Crippen LogP contribution >= 0.6 is 11.3 Å². The lowest BCUT2D eigenvalue weighted by molar-refractivity contribution is 0.159. The Morgan fingerprint density at radius 3 is 3.05 bits per heavy atom. The van der Waals surface area contributed by atoms with E-state index >= 15 is 0 Å². The SMILES string of the molecule is CCc1cc2c(s1)CCN1Cc3c(ccc(O)c3OC)C[C@@H]21. The second kappa shape index (κ2) is 5.28. The van der Waals surface area contributed by atoms with Gasteiger partial charge in [0.05, 0.1) is 7.11 Å². The maximum absolute atomic E-state index is 10.0. The van der Waals surface area contributed by atoms with Crippen LogP contribution in [0.5, 0.6) is 11.5 Å². The van der Waals surface area contributed by atoms with Crippen LogP contribution < -0.4 is 4.74 Å². The van der Waals surface area contributed by atoms with Crippen LogP contribution in [0, 0.1) is 0 Å². The van der Waals surface area contributed by atoms with Crippen LogP contribution in [-0.4, -0.2) is 23.7 Å². The number of hydrogen-bond acceptors (Lipinski definition) is 4. The minimum absolute atomic E-state index is 0.251. The van der Waals surface area contributed by atoms with Gasteiger partial charge in [-0.15, -0.1) is 11.3 Å². The van der Waals surface area contributed by atoms with E-state index in [0.29, 0.717) is 11.8 Å². The largest absolute Gasteiger partial charge is 0.504 e. The van der Waals surface area contributed by atoms with E-state index in [0.717, 1.165) is 37.9 Å². The third kappa shape index (κ3) is 2.05. The van der Waals surface area contributed by atoms with Gasteiger partial charge in [-0.25, -0.2) is 0 Å². The molecule has 2 aliphatic heterocycles. The molecule has 0 fully saturated rings. The van der Waals surface area contributed by atoms with Crippen molar-refractivity contribution in [3.05, 3.63) is 44.6 Å². The van der Waals surface area contributed by atoms with Crippen molar-refractivity contribution >= 4 is 11.3 Å². The number of phenolic OH excluding ortho intramolecular Hbond substituents is 1. The molecule has 0 saturated heterocycles. The molecule has 0 amide bonds. The first-order valence-electron chi connectivity index (χ1n) is 7.94. The van der Waals surface area contributed by atoms with Crippen LogP contribution in [0.2, 0.25) is 0 Å². The number of aromatic hydroxyl groups is 1.